The molecule has 0 saturated carbocycles. The van der Waals surface area contributed by atoms with Crippen LogP contribution in [-0.4, -0.2) is 59.4 Å². The minimum atomic E-state index is -1.24. The molecule has 0 aromatic carbocycles. The van der Waals surface area contributed by atoms with Crippen molar-refractivity contribution in [2.24, 2.45) is 0 Å². The third-order valence-electron chi connectivity index (χ3n) is 2.44. The summed E-state index contributed by atoms with van der Waals surface area (Å²) in [6.07, 6.45) is -3.10. The molecule has 0 aromatic rings. The van der Waals surface area contributed by atoms with Gasteiger partial charge in [0.15, 0.2) is 6.29 Å². The Morgan fingerprint density at radius 1 is 1.38 bits per heavy atom. The Hall–Kier alpha value is -0.240. The van der Waals surface area contributed by atoms with Crippen molar-refractivity contribution in [2.75, 3.05) is 20.0 Å². The zero-order chi connectivity index (χ0) is 9.47. The van der Waals surface area contributed by atoms with Gasteiger partial charge in [0, 0.05) is 0 Å². The van der Waals surface area contributed by atoms with Gasteiger partial charge in [0.05, 0.1) is 13.2 Å². The van der Waals surface area contributed by atoms with E-state index in [0.29, 0.717) is 0 Å². The maximum atomic E-state index is 9.66. The summed E-state index contributed by atoms with van der Waals surface area (Å²) in [6.45, 7) is -0.410. The summed E-state index contributed by atoms with van der Waals surface area (Å²) in [6, 6.07) is 0. The number of rotatable bonds is 1. The second kappa shape index (κ2) is 3.16. The maximum absolute atomic E-state index is 9.66. The number of ether oxygens (including phenoxy) is 3. The predicted octanol–water partition coefficient (Wildman–Crippen LogP) is -2.20. The molecule has 2 rings (SSSR count). The number of fused-ring (bicyclic) bond motifs is 2. The van der Waals surface area contributed by atoms with E-state index in [9.17, 15) is 10.2 Å². The fraction of sp³-hybridized carbons (Fsp3) is 1.00. The van der Waals surface area contributed by atoms with E-state index in [0.717, 1.165) is 0 Å². The Morgan fingerprint density at radius 2 is 2.15 bits per heavy atom. The Labute approximate surface area is 74.6 Å². The number of aliphatic hydroxyl groups excluding tert-OH is 3. The standard InChI is InChI=1S/C7H12O6/c8-1-7-2-11-3-12-4(5(7)9)6(10)13-7/h4-6,8-10H,1-3H2/t4?,5-,6-,7+/m1/s1. The first-order valence-electron chi connectivity index (χ1n) is 4.04. The molecular weight excluding hydrogens is 180 g/mol. The fourth-order valence-electron chi connectivity index (χ4n) is 1.64. The number of hydrogen-bond donors (Lipinski definition) is 3. The molecule has 0 aromatic heterocycles. The van der Waals surface area contributed by atoms with Crippen molar-refractivity contribution in [1.29, 1.82) is 0 Å². The van der Waals surface area contributed by atoms with Crippen LogP contribution in [0.5, 0.6) is 0 Å². The van der Waals surface area contributed by atoms with Crippen molar-refractivity contribution in [3.8, 4) is 0 Å². The molecule has 2 fully saturated rings. The highest BCUT2D eigenvalue weighted by Gasteiger charge is 2.56. The lowest BCUT2D eigenvalue weighted by Gasteiger charge is -2.27. The van der Waals surface area contributed by atoms with Crippen LogP contribution in [0.25, 0.3) is 0 Å². The van der Waals surface area contributed by atoms with E-state index in [2.05, 4.69) is 0 Å². The minimum absolute atomic E-state index is 0.0100. The Morgan fingerprint density at radius 3 is 2.85 bits per heavy atom. The van der Waals surface area contributed by atoms with Crippen LogP contribution in [0.3, 0.4) is 0 Å². The van der Waals surface area contributed by atoms with Crippen LogP contribution in [0.1, 0.15) is 0 Å². The van der Waals surface area contributed by atoms with E-state index in [-0.39, 0.29) is 13.4 Å². The second-order valence-corrected chi connectivity index (χ2v) is 3.27. The molecule has 76 valence electrons. The topological polar surface area (TPSA) is 88.4 Å². The first-order valence-corrected chi connectivity index (χ1v) is 4.04. The van der Waals surface area contributed by atoms with Crippen molar-refractivity contribution in [3.05, 3.63) is 0 Å². The summed E-state index contributed by atoms with van der Waals surface area (Å²) in [4.78, 5) is 0. The fourth-order valence-corrected chi connectivity index (χ4v) is 1.64. The van der Waals surface area contributed by atoms with Gasteiger partial charge in [0.2, 0.25) is 0 Å². The lowest BCUT2D eigenvalue weighted by Crippen LogP contribution is -2.48. The van der Waals surface area contributed by atoms with Crippen LogP contribution in [-0.2, 0) is 14.2 Å². The summed E-state index contributed by atoms with van der Waals surface area (Å²) in [5.74, 6) is 0. The SMILES string of the molecule is OC[C@@]12COCOC([C@H](O)O1)[C@H]2O. The third kappa shape index (κ3) is 1.26. The first-order chi connectivity index (χ1) is 6.19. The molecule has 6 heteroatoms. The van der Waals surface area contributed by atoms with Crippen molar-refractivity contribution < 1.29 is 29.5 Å². The minimum Gasteiger partial charge on any atom is -0.393 e. The van der Waals surface area contributed by atoms with Crippen LogP contribution in [0, 0.1) is 0 Å². The van der Waals surface area contributed by atoms with E-state index in [1.807, 2.05) is 0 Å². The molecule has 2 aliphatic rings. The molecule has 0 radical (unpaired) electrons. The highest BCUT2D eigenvalue weighted by atomic mass is 16.7. The van der Waals surface area contributed by atoms with Gasteiger partial charge < -0.3 is 29.5 Å². The quantitative estimate of drug-likeness (QED) is 0.437. The summed E-state index contributed by atoms with van der Waals surface area (Å²) < 4.78 is 15.0. The van der Waals surface area contributed by atoms with Crippen LogP contribution in [0.2, 0.25) is 0 Å². The van der Waals surface area contributed by atoms with Gasteiger partial charge in [-0.1, -0.05) is 0 Å². The average molecular weight is 192 g/mol. The van der Waals surface area contributed by atoms with Crippen LogP contribution in [0.4, 0.5) is 0 Å². The van der Waals surface area contributed by atoms with Gasteiger partial charge in [-0.3, -0.25) is 0 Å². The zero-order valence-corrected chi connectivity index (χ0v) is 6.92. The van der Waals surface area contributed by atoms with Crippen LogP contribution in [0.15, 0.2) is 0 Å². The largest absolute Gasteiger partial charge is 0.393 e. The summed E-state index contributed by atoms with van der Waals surface area (Å²) >= 11 is 0. The molecular formula is C7H12O6. The van der Waals surface area contributed by atoms with E-state index < -0.39 is 30.7 Å². The van der Waals surface area contributed by atoms with Crippen LogP contribution >= 0.6 is 0 Å². The van der Waals surface area contributed by atoms with Gasteiger partial charge in [0.1, 0.15) is 24.6 Å². The monoisotopic (exact) mass is 192 g/mol. The Kier molecular flexibility index (Phi) is 2.26. The molecule has 0 aliphatic carbocycles. The molecule has 13 heavy (non-hydrogen) atoms. The Bertz CT molecular complexity index is 197. The normalized spacial score (nSPS) is 50.5. The molecule has 2 bridgehead atoms. The van der Waals surface area contributed by atoms with E-state index in [1.165, 1.54) is 0 Å². The predicted molar refractivity (Wildman–Crippen MR) is 38.6 cm³/mol. The van der Waals surface area contributed by atoms with E-state index in [1.54, 1.807) is 0 Å². The molecule has 6 nitrogen and oxygen atoms in total. The molecule has 0 spiro atoms. The molecule has 0 amide bonds. The van der Waals surface area contributed by atoms with Gasteiger partial charge in [-0.25, -0.2) is 0 Å². The number of hydrogen-bond acceptors (Lipinski definition) is 6. The summed E-state index contributed by atoms with van der Waals surface area (Å²) in [5, 5.41) is 28.0. The van der Waals surface area contributed by atoms with Gasteiger partial charge in [-0.15, -0.1) is 0 Å². The van der Waals surface area contributed by atoms with Crippen molar-refractivity contribution in [3.63, 3.8) is 0 Å². The van der Waals surface area contributed by atoms with Crippen molar-refractivity contribution in [2.45, 2.75) is 24.1 Å². The third-order valence-corrected chi connectivity index (χ3v) is 2.44. The zero-order valence-electron chi connectivity index (χ0n) is 6.92. The van der Waals surface area contributed by atoms with E-state index >= 15 is 0 Å². The smallest absolute Gasteiger partial charge is 0.184 e. The molecule has 3 N–H and O–H groups in total. The molecule has 2 aliphatic heterocycles. The highest BCUT2D eigenvalue weighted by Crippen LogP contribution is 2.34. The van der Waals surface area contributed by atoms with Gasteiger partial charge in [0.25, 0.3) is 0 Å². The Balaban J connectivity index is 2.24. The lowest BCUT2D eigenvalue weighted by atomic mass is 9.97. The molecule has 2 heterocycles. The molecule has 1 unspecified atom stereocenters. The van der Waals surface area contributed by atoms with Crippen molar-refractivity contribution in [1.82, 2.24) is 0 Å². The summed E-state index contributed by atoms with van der Waals surface area (Å²) in [7, 11) is 0. The second-order valence-electron chi connectivity index (χ2n) is 3.27. The van der Waals surface area contributed by atoms with Gasteiger partial charge >= 0.3 is 0 Å². The van der Waals surface area contributed by atoms with E-state index in [4.69, 9.17) is 19.3 Å². The number of aliphatic hydroxyl groups is 3. The lowest BCUT2D eigenvalue weighted by molar-refractivity contribution is -0.234. The van der Waals surface area contributed by atoms with Gasteiger partial charge in [-0.2, -0.15) is 0 Å². The van der Waals surface area contributed by atoms with Crippen molar-refractivity contribution >= 4 is 0 Å². The molecule has 2 saturated heterocycles. The molecule has 4 atom stereocenters. The highest BCUT2D eigenvalue weighted by molar-refractivity contribution is 5.00. The van der Waals surface area contributed by atoms with Crippen LogP contribution < -0.4 is 0 Å². The summed E-state index contributed by atoms with van der Waals surface area (Å²) in [5.41, 5.74) is -1.24. The first kappa shape index (κ1) is 9.32. The van der Waals surface area contributed by atoms with Gasteiger partial charge in [-0.05, 0) is 0 Å². The maximum Gasteiger partial charge on any atom is 0.184 e. The average Bonchev–Trinajstić information content (AvgIpc) is 2.26.